The molecule has 170 valence electrons. The Morgan fingerprint density at radius 3 is 2.48 bits per heavy atom. The maximum atomic E-state index is 5.99. The minimum absolute atomic E-state index is 0. The Hall–Kier alpha value is -1.42. The molecule has 2 aromatic rings. The van der Waals surface area contributed by atoms with Gasteiger partial charge in [0.25, 0.3) is 0 Å². The van der Waals surface area contributed by atoms with Crippen molar-refractivity contribution in [2.24, 2.45) is 4.99 Å². The van der Waals surface area contributed by atoms with E-state index < -0.39 is 0 Å². The summed E-state index contributed by atoms with van der Waals surface area (Å²) >= 11 is 5.83. The van der Waals surface area contributed by atoms with Crippen LogP contribution in [0.5, 0.6) is 0 Å². The molecule has 1 saturated heterocycles. The number of benzene rings is 1. The van der Waals surface area contributed by atoms with Crippen molar-refractivity contribution < 1.29 is 9.47 Å². The minimum Gasteiger partial charge on any atom is -0.381 e. The van der Waals surface area contributed by atoms with E-state index in [1.807, 2.05) is 12.1 Å². The molecule has 1 fully saturated rings. The van der Waals surface area contributed by atoms with E-state index >= 15 is 0 Å². The molecule has 0 spiro atoms. The Kier molecular flexibility index (Phi) is 12.2. The van der Waals surface area contributed by atoms with Crippen molar-refractivity contribution in [2.45, 2.75) is 45.4 Å². The zero-order valence-corrected chi connectivity index (χ0v) is 21.1. The van der Waals surface area contributed by atoms with E-state index in [4.69, 9.17) is 26.1 Å². The zero-order chi connectivity index (χ0) is 21.0. The Morgan fingerprint density at radius 1 is 1.10 bits per heavy atom. The topological polar surface area (TPSA) is 67.8 Å². The highest BCUT2D eigenvalue weighted by molar-refractivity contribution is 14.0. The van der Waals surface area contributed by atoms with Crippen molar-refractivity contribution in [3.63, 3.8) is 0 Å². The van der Waals surface area contributed by atoms with Crippen molar-refractivity contribution in [2.75, 3.05) is 26.3 Å². The first-order valence-electron chi connectivity index (χ1n) is 10.6. The number of rotatable bonds is 9. The van der Waals surface area contributed by atoms with Gasteiger partial charge in [-0.25, -0.2) is 9.98 Å². The summed E-state index contributed by atoms with van der Waals surface area (Å²) < 4.78 is 11.4. The Morgan fingerprint density at radius 2 is 1.81 bits per heavy atom. The third-order valence-corrected chi connectivity index (χ3v) is 5.16. The molecular formula is C23H32ClIN4O2. The highest BCUT2D eigenvalue weighted by atomic mass is 127. The smallest absolute Gasteiger partial charge is 0.191 e. The first-order valence-corrected chi connectivity index (χ1v) is 11.0. The Balaban J connectivity index is 0.00000341. The fourth-order valence-electron chi connectivity index (χ4n) is 3.19. The van der Waals surface area contributed by atoms with E-state index in [1.165, 1.54) is 11.1 Å². The molecule has 0 radical (unpaired) electrons. The van der Waals surface area contributed by atoms with E-state index in [2.05, 4.69) is 46.8 Å². The van der Waals surface area contributed by atoms with Gasteiger partial charge in [0.15, 0.2) is 5.96 Å². The lowest BCUT2D eigenvalue weighted by Gasteiger charge is -2.22. The lowest BCUT2D eigenvalue weighted by atomic mass is 10.1. The van der Waals surface area contributed by atoms with E-state index in [-0.39, 0.29) is 24.0 Å². The number of pyridine rings is 1. The number of aliphatic imine (C=N–C) groups is 1. The van der Waals surface area contributed by atoms with Gasteiger partial charge in [0.2, 0.25) is 0 Å². The Bertz CT molecular complexity index is 781. The fourth-order valence-corrected chi connectivity index (χ4v) is 3.30. The molecule has 0 bridgehead atoms. The molecule has 0 amide bonds. The van der Waals surface area contributed by atoms with Crippen LogP contribution in [0.3, 0.4) is 0 Å². The molecule has 2 heterocycles. The predicted octanol–water partition coefficient (Wildman–Crippen LogP) is 4.35. The molecule has 3 rings (SSSR count). The van der Waals surface area contributed by atoms with Crippen LogP contribution in [0, 0.1) is 0 Å². The molecule has 2 N–H and O–H groups in total. The molecule has 1 aromatic carbocycles. The second-order valence-corrected chi connectivity index (χ2v) is 7.69. The van der Waals surface area contributed by atoms with Gasteiger partial charge in [0.1, 0.15) is 5.15 Å². The lowest BCUT2D eigenvalue weighted by molar-refractivity contribution is -0.0390. The van der Waals surface area contributed by atoms with Crippen LogP contribution < -0.4 is 10.6 Å². The maximum absolute atomic E-state index is 5.99. The van der Waals surface area contributed by atoms with Crippen LogP contribution >= 0.6 is 35.6 Å². The SMILES string of the molecule is CCNC(=NCc1ccc(COC2CCOCC2)cc1)NCCc1ccc(Cl)nc1.I. The monoisotopic (exact) mass is 558 g/mol. The molecule has 1 aliphatic rings. The number of nitrogens with zero attached hydrogens (tertiary/aromatic N) is 2. The van der Waals surface area contributed by atoms with Crippen molar-refractivity contribution in [1.29, 1.82) is 0 Å². The highest BCUT2D eigenvalue weighted by Gasteiger charge is 2.13. The summed E-state index contributed by atoms with van der Waals surface area (Å²) in [7, 11) is 0. The van der Waals surface area contributed by atoms with Crippen molar-refractivity contribution >= 4 is 41.5 Å². The lowest BCUT2D eigenvalue weighted by Crippen LogP contribution is -2.38. The third kappa shape index (κ3) is 9.72. The summed E-state index contributed by atoms with van der Waals surface area (Å²) in [5.74, 6) is 0.811. The molecule has 1 aromatic heterocycles. The van der Waals surface area contributed by atoms with Gasteiger partial charge >= 0.3 is 0 Å². The molecule has 0 saturated carbocycles. The number of aromatic nitrogens is 1. The maximum Gasteiger partial charge on any atom is 0.191 e. The standard InChI is InChI=1S/C23H31ClN4O2.HI/c1-2-25-23(26-12-9-19-7-8-22(24)27-15-19)28-16-18-3-5-20(6-4-18)17-30-21-10-13-29-14-11-21;/h3-8,15,21H,2,9-14,16-17H2,1H3,(H2,25,26,28);1H. The summed E-state index contributed by atoms with van der Waals surface area (Å²) in [5, 5.41) is 7.17. The number of hydrogen-bond acceptors (Lipinski definition) is 4. The van der Waals surface area contributed by atoms with Crippen LogP contribution in [-0.2, 0) is 29.0 Å². The van der Waals surface area contributed by atoms with Gasteiger partial charge in [0.05, 0.1) is 19.3 Å². The second kappa shape index (κ2) is 14.6. The van der Waals surface area contributed by atoms with Gasteiger partial charge in [-0.2, -0.15) is 0 Å². The van der Waals surface area contributed by atoms with Crippen molar-refractivity contribution in [3.8, 4) is 0 Å². The number of guanidine groups is 1. The molecule has 0 aliphatic carbocycles. The van der Waals surface area contributed by atoms with Gasteiger partial charge in [0, 0.05) is 32.5 Å². The van der Waals surface area contributed by atoms with E-state index in [1.54, 1.807) is 6.20 Å². The summed E-state index contributed by atoms with van der Waals surface area (Å²) in [4.78, 5) is 8.80. The van der Waals surface area contributed by atoms with Gasteiger partial charge in [-0.3, -0.25) is 0 Å². The molecular weight excluding hydrogens is 527 g/mol. The van der Waals surface area contributed by atoms with E-state index in [9.17, 15) is 0 Å². The molecule has 8 heteroatoms. The van der Waals surface area contributed by atoms with Crippen LogP contribution in [0.15, 0.2) is 47.6 Å². The average molecular weight is 559 g/mol. The fraction of sp³-hybridized carbons (Fsp3) is 0.478. The zero-order valence-electron chi connectivity index (χ0n) is 18.0. The van der Waals surface area contributed by atoms with E-state index in [0.717, 1.165) is 57.1 Å². The normalized spacial score (nSPS) is 14.7. The summed E-state index contributed by atoms with van der Waals surface area (Å²) in [5.41, 5.74) is 3.50. The summed E-state index contributed by atoms with van der Waals surface area (Å²) in [6.45, 7) is 6.54. The second-order valence-electron chi connectivity index (χ2n) is 7.30. The molecule has 31 heavy (non-hydrogen) atoms. The quantitative estimate of drug-likeness (QED) is 0.207. The molecule has 0 atom stereocenters. The van der Waals surface area contributed by atoms with Crippen LogP contribution in [0.25, 0.3) is 0 Å². The number of ether oxygens (including phenoxy) is 2. The van der Waals surface area contributed by atoms with Crippen LogP contribution in [-0.4, -0.2) is 43.4 Å². The number of halogens is 2. The first-order chi connectivity index (χ1) is 14.7. The molecule has 0 unspecified atom stereocenters. The van der Waals surface area contributed by atoms with Crippen molar-refractivity contribution in [3.05, 3.63) is 64.4 Å². The number of nitrogens with one attached hydrogen (secondary N) is 2. The average Bonchev–Trinajstić information content (AvgIpc) is 2.79. The van der Waals surface area contributed by atoms with Crippen LogP contribution in [0.1, 0.15) is 36.5 Å². The van der Waals surface area contributed by atoms with Gasteiger partial charge < -0.3 is 20.1 Å². The number of hydrogen-bond donors (Lipinski definition) is 2. The molecule has 1 aliphatic heterocycles. The predicted molar refractivity (Wildman–Crippen MR) is 136 cm³/mol. The minimum atomic E-state index is 0. The van der Waals surface area contributed by atoms with Gasteiger partial charge in [-0.05, 0) is 48.9 Å². The third-order valence-electron chi connectivity index (χ3n) is 4.94. The summed E-state index contributed by atoms with van der Waals surface area (Å²) in [6.07, 6.45) is 4.96. The van der Waals surface area contributed by atoms with E-state index in [0.29, 0.717) is 24.4 Å². The summed E-state index contributed by atoms with van der Waals surface area (Å²) in [6, 6.07) is 12.3. The highest BCUT2D eigenvalue weighted by Crippen LogP contribution is 2.14. The Labute approximate surface area is 207 Å². The largest absolute Gasteiger partial charge is 0.381 e. The van der Waals surface area contributed by atoms with Gasteiger partial charge in [-0.1, -0.05) is 41.9 Å². The van der Waals surface area contributed by atoms with Crippen LogP contribution in [0.4, 0.5) is 0 Å². The van der Waals surface area contributed by atoms with Crippen LogP contribution in [0.2, 0.25) is 5.15 Å². The van der Waals surface area contributed by atoms with Crippen molar-refractivity contribution in [1.82, 2.24) is 15.6 Å². The first kappa shape index (κ1) is 25.8. The molecule has 6 nitrogen and oxygen atoms in total. The van der Waals surface area contributed by atoms with Gasteiger partial charge in [-0.15, -0.1) is 24.0 Å².